The number of fused-ring (bicyclic) bond motifs is 1. The molecule has 0 aromatic heterocycles. The highest BCUT2D eigenvalue weighted by atomic mass is 32.1. The number of rotatable bonds is 0. The van der Waals surface area contributed by atoms with Gasteiger partial charge >= 0.3 is 0 Å². The van der Waals surface area contributed by atoms with E-state index in [1.54, 1.807) is 6.07 Å². The predicted molar refractivity (Wildman–Crippen MR) is 43.4 cm³/mol. The van der Waals surface area contributed by atoms with Crippen LogP contribution in [0.1, 0.15) is 0 Å². The second-order valence-corrected chi connectivity index (χ2v) is 2.72. The van der Waals surface area contributed by atoms with Crippen molar-refractivity contribution < 1.29 is 9.13 Å². The van der Waals surface area contributed by atoms with Gasteiger partial charge in [-0.2, -0.15) is 0 Å². The number of nitrogens with one attached hydrogen (secondary N) is 1. The Morgan fingerprint density at radius 1 is 1.55 bits per heavy atom. The zero-order chi connectivity index (χ0) is 7.84. The maximum Gasteiger partial charge on any atom is 0.216 e. The van der Waals surface area contributed by atoms with Gasteiger partial charge in [0.2, 0.25) is 5.56 Å². The summed E-state index contributed by atoms with van der Waals surface area (Å²) in [5.74, 6) is 0.220. The summed E-state index contributed by atoms with van der Waals surface area (Å²) >= 11 is 4.02. The Morgan fingerprint density at radius 3 is 3.18 bits per heavy atom. The van der Waals surface area contributed by atoms with E-state index in [0.717, 1.165) is 5.69 Å². The number of anilines is 1. The van der Waals surface area contributed by atoms with Crippen LogP contribution in [-0.4, -0.2) is 5.56 Å². The molecule has 1 aromatic carbocycles. The fourth-order valence-electron chi connectivity index (χ4n) is 0.996. The highest BCUT2D eigenvalue weighted by molar-refractivity contribution is 7.80. The highest BCUT2D eigenvalue weighted by Crippen LogP contribution is 2.32. The molecule has 1 unspecified atom stereocenters. The summed E-state index contributed by atoms with van der Waals surface area (Å²) in [7, 11) is 0. The molecule has 0 fully saturated rings. The Bertz CT molecular complexity index is 292. The Morgan fingerprint density at radius 2 is 2.36 bits per heavy atom. The van der Waals surface area contributed by atoms with Gasteiger partial charge in [0.1, 0.15) is 11.6 Å². The van der Waals surface area contributed by atoms with Crippen molar-refractivity contribution in [3.05, 3.63) is 24.0 Å². The van der Waals surface area contributed by atoms with Gasteiger partial charge in [-0.15, -0.1) is 12.6 Å². The van der Waals surface area contributed by atoms with Crippen LogP contribution in [0.2, 0.25) is 0 Å². The topological polar surface area (TPSA) is 21.3 Å². The molecule has 0 amide bonds. The summed E-state index contributed by atoms with van der Waals surface area (Å²) in [5, 5.41) is 2.90. The van der Waals surface area contributed by atoms with Gasteiger partial charge in [-0.1, -0.05) is 0 Å². The van der Waals surface area contributed by atoms with Gasteiger partial charge in [-0.25, -0.2) is 4.39 Å². The smallest absolute Gasteiger partial charge is 0.216 e. The molecule has 4 heteroatoms. The fraction of sp³-hybridized carbons (Fsp3) is 0.143. The molecular weight excluding hydrogens is 165 g/mol. The fourth-order valence-corrected chi connectivity index (χ4v) is 1.25. The van der Waals surface area contributed by atoms with Crippen LogP contribution in [0.15, 0.2) is 18.2 Å². The molecular formula is C7H6FNOS. The van der Waals surface area contributed by atoms with E-state index in [1.807, 2.05) is 0 Å². The molecule has 1 aliphatic rings. The average Bonchev–Trinajstić information content (AvgIpc) is 2.27. The largest absolute Gasteiger partial charge is 0.459 e. The van der Waals surface area contributed by atoms with E-state index in [1.165, 1.54) is 12.1 Å². The van der Waals surface area contributed by atoms with Crippen molar-refractivity contribution in [3.63, 3.8) is 0 Å². The molecule has 0 saturated heterocycles. The van der Waals surface area contributed by atoms with Gasteiger partial charge in [0.05, 0.1) is 5.69 Å². The molecule has 2 rings (SSSR count). The van der Waals surface area contributed by atoms with Gasteiger partial charge in [-0.3, -0.25) is 0 Å². The van der Waals surface area contributed by atoms with Crippen molar-refractivity contribution in [1.29, 1.82) is 0 Å². The lowest BCUT2D eigenvalue weighted by atomic mass is 10.3. The molecule has 2 nitrogen and oxygen atoms in total. The number of hydrogen-bond donors (Lipinski definition) is 2. The lowest BCUT2D eigenvalue weighted by Crippen LogP contribution is -2.10. The lowest BCUT2D eigenvalue weighted by molar-refractivity contribution is 0.341. The van der Waals surface area contributed by atoms with Crippen LogP contribution in [0, 0.1) is 5.82 Å². The van der Waals surface area contributed by atoms with E-state index in [4.69, 9.17) is 4.74 Å². The third kappa shape index (κ3) is 1.14. The van der Waals surface area contributed by atoms with E-state index in [9.17, 15) is 4.39 Å². The molecule has 1 atom stereocenters. The van der Waals surface area contributed by atoms with E-state index >= 15 is 0 Å². The second-order valence-electron chi connectivity index (χ2n) is 2.26. The van der Waals surface area contributed by atoms with Crippen LogP contribution >= 0.6 is 12.6 Å². The molecule has 1 aromatic rings. The molecule has 1 aliphatic heterocycles. The Hall–Kier alpha value is -0.900. The maximum atomic E-state index is 12.6. The summed E-state index contributed by atoms with van der Waals surface area (Å²) < 4.78 is 17.7. The first-order valence-electron chi connectivity index (χ1n) is 3.16. The monoisotopic (exact) mass is 171 g/mol. The van der Waals surface area contributed by atoms with Crippen LogP contribution in [0.4, 0.5) is 10.1 Å². The second kappa shape index (κ2) is 2.30. The molecule has 0 aliphatic carbocycles. The SMILES string of the molecule is Fc1ccc2c(c1)OC(S)N2. The van der Waals surface area contributed by atoms with E-state index in [2.05, 4.69) is 17.9 Å². The highest BCUT2D eigenvalue weighted by Gasteiger charge is 2.17. The van der Waals surface area contributed by atoms with Gasteiger partial charge in [0.25, 0.3) is 0 Å². The molecule has 58 valence electrons. The van der Waals surface area contributed by atoms with Crippen molar-refractivity contribution in [2.75, 3.05) is 5.32 Å². The van der Waals surface area contributed by atoms with Gasteiger partial charge in [0, 0.05) is 6.07 Å². The van der Waals surface area contributed by atoms with Crippen LogP contribution in [0.25, 0.3) is 0 Å². The quantitative estimate of drug-likeness (QED) is 0.581. The van der Waals surface area contributed by atoms with Gasteiger partial charge in [-0.05, 0) is 12.1 Å². The lowest BCUT2D eigenvalue weighted by Gasteiger charge is -1.99. The maximum absolute atomic E-state index is 12.6. The Labute approximate surface area is 68.8 Å². The molecule has 0 spiro atoms. The number of halogens is 1. The summed E-state index contributed by atoms with van der Waals surface area (Å²) in [6, 6.07) is 4.33. The van der Waals surface area contributed by atoms with Gasteiger partial charge in [0.15, 0.2) is 0 Å². The third-order valence-corrected chi connectivity index (χ3v) is 1.70. The third-order valence-electron chi connectivity index (χ3n) is 1.46. The number of benzene rings is 1. The first-order valence-corrected chi connectivity index (χ1v) is 3.68. The average molecular weight is 171 g/mol. The van der Waals surface area contributed by atoms with E-state index < -0.39 is 0 Å². The zero-order valence-corrected chi connectivity index (χ0v) is 6.44. The van der Waals surface area contributed by atoms with Crippen molar-refractivity contribution >= 4 is 18.3 Å². The summed E-state index contributed by atoms with van der Waals surface area (Å²) in [4.78, 5) is 0. The van der Waals surface area contributed by atoms with E-state index in [-0.39, 0.29) is 11.4 Å². The first-order chi connectivity index (χ1) is 5.25. The molecule has 1 heterocycles. The normalized spacial score (nSPS) is 20.4. The molecule has 0 saturated carbocycles. The molecule has 1 N–H and O–H groups in total. The number of hydrogen-bond acceptors (Lipinski definition) is 3. The van der Waals surface area contributed by atoms with Crippen molar-refractivity contribution in [2.45, 2.75) is 5.56 Å². The van der Waals surface area contributed by atoms with Crippen molar-refractivity contribution in [1.82, 2.24) is 0 Å². The minimum Gasteiger partial charge on any atom is -0.459 e. The van der Waals surface area contributed by atoms with E-state index in [0.29, 0.717) is 5.75 Å². The molecule has 11 heavy (non-hydrogen) atoms. The minimum absolute atomic E-state index is 0.298. The van der Waals surface area contributed by atoms with Gasteiger partial charge < -0.3 is 10.1 Å². The molecule has 0 radical (unpaired) electrons. The van der Waals surface area contributed by atoms with Crippen LogP contribution < -0.4 is 10.1 Å². The first kappa shape index (κ1) is 6.79. The summed E-state index contributed by atoms with van der Waals surface area (Å²) in [6.45, 7) is 0. The molecule has 0 bridgehead atoms. The van der Waals surface area contributed by atoms with Crippen LogP contribution in [0.5, 0.6) is 5.75 Å². The number of ether oxygens (including phenoxy) is 1. The minimum atomic E-state index is -0.355. The van der Waals surface area contributed by atoms with Crippen LogP contribution in [0.3, 0.4) is 0 Å². The predicted octanol–water partition coefficient (Wildman–Crippen LogP) is 1.84. The Kier molecular flexibility index (Phi) is 1.42. The van der Waals surface area contributed by atoms with Crippen molar-refractivity contribution in [2.24, 2.45) is 0 Å². The zero-order valence-electron chi connectivity index (χ0n) is 5.54. The Balaban J connectivity index is 2.43. The standard InChI is InChI=1S/C7H6FNOS/c8-4-1-2-5-6(3-4)10-7(11)9-5/h1-3,7,9,11H. The number of thiol groups is 1. The van der Waals surface area contributed by atoms with Crippen molar-refractivity contribution in [3.8, 4) is 5.75 Å². The summed E-state index contributed by atoms with van der Waals surface area (Å²) in [6.07, 6.45) is 0. The summed E-state index contributed by atoms with van der Waals surface area (Å²) in [5.41, 5.74) is 0.429. The van der Waals surface area contributed by atoms with Crippen LogP contribution in [-0.2, 0) is 0 Å².